The Balaban J connectivity index is 1.70. The predicted octanol–water partition coefficient (Wildman–Crippen LogP) is 3.51. The summed E-state index contributed by atoms with van der Waals surface area (Å²) < 4.78 is 0. The van der Waals surface area contributed by atoms with Crippen LogP contribution in [-0.4, -0.2) is 35.0 Å². The number of carbonyl (C=O) groups is 2. The number of hydrogen-bond donors (Lipinski definition) is 1. The molecule has 3 rings (SSSR count). The summed E-state index contributed by atoms with van der Waals surface area (Å²) in [6.45, 7) is 2.79. The summed E-state index contributed by atoms with van der Waals surface area (Å²) in [5.41, 5.74) is 2.12. The molecule has 1 fully saturated rings. The van der Waals surface area contributed by atoms with Gasteiger partial charge in [0.15, 0.2) is 0 Å². The molecule has 0 bridgehead atoms. The van der Waals surface area contributed by atoms with Gasteiger partial charge in [-0.1, -0.05) is 67.6 Å². The molecular weight excluding hydrogens is 314 g/mol. The standard InChI is InChI=1S/C21H23NO3/c1-15(16-8-4-2-5-9-16)12-20(23)22-13-18(19(14-22)21(24)25)17-10-6-3-7-11-17/h2-11,15,18-19H,12-14H2,1H3,(H,24,25)/t15?,18-,19-/m0/s1. The van der Waals surface area contributed by atoms with Crippen LogP contribution in [0.4, 0.5) is 0 Å². The molecule has 4 heteroatoms. The van der Waals surface area contributed by atoms with Crippen molar-refractivity contribution in [1.29, 1.82) is 0 Å². The summed E-state index contributed by atoms with van der Waals surface area (Å²) in [5, 5.41) is 9.57. The molecule has 1 amide bonds. The fourth-order valence-corrected chi connectivity index (χ4v) is 3.59. The number of carboxylic acid groups (broad SMARTS) is 1. The highest BCUT2D eigenvalue weighted by atomic mass is 16.4. The number of likely N-dealkylation sites (tertiary alicyclic amines) is 1. The molecule has 0 radical (unpaired) electrons. The minimum atomic E-state index is -0.833. The molecule has 0 aliphatic carbocycles. The van der Waals surface area contributed by atoms with Crippen molar-refractivity contribution in [3.8, 4) is 0 Å². The molecule has 2 aromatic rings. The van der Waals surface area contributed by atoms with Crippen molar-refractivity contribution in [2.75, 3.05) is 13.1 Å². The molecule has 130 valence electrons. The van der Waals surface area contributed by atoms with Crippen LogP contribution in [0, 0.1) is 5.92 Å². The Hall–Kier alpha value is -2.62. The fourth-order valence-electron chi connectivity index (χ4n) is 3.59. The summed E-state index contributed by atoms with van der Waals surface area (Å²) in [6.07, 6.45) is 0.401. The van der Waals surface area contributed by atoms with Gasteiger partial charge in [-0.15, -0.1) is 0 Å². The molecule has 0 spiro atoms. The van der Waals surface area contributed by atoms with E-state index in [1.54, 1.807) is 4.90 Å². The van der Waals surface area contributed by atoms with E-state index in [-0.39, 0.29) is 24.3 Å². The number of carboxylic acids is 1. The van der Waals surface area contributed by atoms with Crippen molar-refractivity contribution in [3.63, 3.8) is 0 Å². The van der Waals surface area contributed by atoms with Gasteiger partial charge in [0.2, 0.25) is 5.91 Å². The van der Waals surface area contributed by atoms with E-state index in [9.17, 15) is 14.7 Å². The third-order valence-corrected chi connectivity index (χ3v) is 5.07. The average Bonchev–Trinajstić information content (AvgIpc) is 3.09. The van der Waals surface area contributed by atoms with Crippen molar-refractivity contribution in [2.45, 2.75) is 25.2 Å². The van der Waals surface area contributed by atoms with E-state index in [1.807, 2.05) is 67.6 Å². The van der Waals surface area contributed by atoms with Crippen molar-refractivity contribution in [1.82, 2.24) is 4.90 Å². The first-order valence-corrected chi connectivity index (χ1v) is 8.66. The molecule has 0 aromatic heterocycles. The molecule has 1 aliphatic heterocycles. The van der Waals surface area contributed by atoms with E-state index in [1.165, 1.54) is 0 Å². The molecule has 1 saturated heterocycles. The van der Waals surface area contributed by atoms with Gasteiger partial charge in [-0.3, -0.25) is 9.59 Å². The van der Waals surface area contributed by atoms with Crippen molar-refractivity contribution >= 4 is 11.9 Å². The highest BCUT2D eigenvalue weighted by Crippen LogP contribution is 2.34. The topological polar surface area (TPSA) is 57.6 Å². The maximum atomic E-state index is 12.7. The number of carbonyl (C=O) groups excluding carboxylic acids is 1. The Bertz CT molecular complexity index is 729. The second-order valence-electron chi connectivity index (χ2n) is 6.78. The zero-order valence-electron chi connectivity index (χ0n) is 14.3. The largest absolute Gasteiger partial charge is 0.481 e. The summed E-state index contributed by atoms with van der Waals surface area (Å²) in [7, 11) is 0. The first kappa shape index (κ1) is 17.2. The van der Waals surface area contributed by atoms with Crippen LogP contribution in [0.25, 0.3) is 0 Å². The van der Waals surface area contributed by atoms with Gasteiger partial charge in [-0.2, -0.15) is 0 Å². The molecule has 0 saturated carbocycles. The molecule has 4 nitrogen and oxygen atoms in total. The molecule has 25 heavy (non-hydrogen) atoms. The molecule has 1 aliphatic rings. The second-order valence-corrected chi connectivity index (χ2v) is 6.78. The first-order chi connectivity index (χ1) is 12.1. The van der Waals surface area contributed by atoms with E-state index < -0.39 is 11.9 Å². The minimum absolute atomic E-state index is 0.0287. The van der Waals surface area contributed by atoms with Crippen molar-refractivity contribution in [3.05, 3.63) is 71.8 Å². The van der Waals surface area contributed by atoms with Gasteiger partial charge < -0.3 is 10.0 Å². The SMILES string of the molecule is CC(CC(=O)N1C[C@H](C(=O)O)[C@H](c2ccccc2)C1)c1ccccc1. The highest BCUT2D eigenvalue weighted by Gasteiger charge is 2.40. The molecule has 3 atom stereocenters. The smallest absolute Gasteiger partial charge is 0.308 e. The van der Waals surface area contributed by atoms with Crippen LogP contribution in [0.2, 0.25) is 0 Å². The highest BCUT2D eigenvalue weighted by molar-refractivity contribution is 5.80. The Morgan fingerprint density at radius 1 is 1.04 bits per heavy atom. The number of benzene rings is 2. The van der Waals surface area contributed by atoms with E-state index in [0.29, 0.717) is 13.0 Å². The van der Waals surface area contributed by atoms with E-state index in [2.05, 4.69) is 0 Å². The Morgan fingerprint density at radius 2 is 1.64 bits per heavy atom. The van der Waals surface area contributed by atoms with Crippen LogP contribution in [0.15, 0.2) is 60.7 Å². The molecule has 1 unspecified atom stereocenters. The normalized spacial score (nSPS) is 21.1. The van der Waals surface area contributed by atoms with Crippen molar-refractivity contribution in [2.24, 2.45) is 5.92 Å². The molecular formula is C21H23NO3. The van der Waals surface area contributed by atoms with E-state index in [0.717, 1.165) is 11.1 Å². The quantitative estimate of drug-likeness (QED) is 0.908. The van der Waals surface area contributed by atoms with Gasteiger partial charge in [0.25, 0.3) is 0 Å². The number of aliphatic carboxylic acids is 1. The maximum Gasteiger partial charge on any atom is 0.308 e. The van der Waals surface area contributed by atoms with Crippen LogP contribution >= 0.6 is 0 Å². The Morgan fingerprint density at radius 3 is 2.24 bits per heavy atom. The molecule has 1 heterocycles. The predicted molar refractivity (Wildman–Crippen MR) is 96.4 cm³/mol. The molecule has 1 N–H and O–H groups in total. The lowest BCUT2D eigenvalue weighted by Gasteiger charge is -2.19. The minimum Gasteiger partial charge on any atom is -0.481 e. The summed E-state index contributed by atoms with van der Waals surface area (Å²) >= 11 is 0. The first-order valence-electron chi connectivity index (χ1n) is 8.66. The Kier molecular flexibility index (Phi) is 5.17. The Labute approximate surface area is 148 Å². The summed E-state index contributed by atoms with van der Waals surface area (Å²) in [4.78, 5) is 26.1. The lowest BCUT2D eigenvalue weighted by atomic mass is 9.89. The van der Waals surface area contributed by atoms with Gasteiger partial charge in [-0.05, 0) is 17.0 Å². The third-order valence-electron chi connectivity index (χ3n) is 5.07. The van der Waals surface area contributed by atoms with Gasteiger partial charge in [0.1, 0.15) is 0 Å². The lowest BCUT2D eigenvalue weighted by molar-refractivity contribution is -0.141. The zero-order valence-corrected chi connectivity index (χ0v) is 14.3. The second kappa shape index (κ2) is 7.51. The van der Waals surface area contributed by atoms with E-state index in [4.69, 9.17) is 0 Å². The van der Waals surface area contributed by atoms with Gasteiger partial charge in [-0.25, -0.2) is 0 Å². The average molecular weight is 337 g/mol. The number of nitrogens with zero attached hydrogens (tertiary/aromatic N) is 1. The fraction of sp³-hybridized carbons (Fsp3) is 0.333. The van der Waals surface area contributed by atoms with Crippen LogP contribution < -0.4 is 0 Å². The summed E-state index contributed by atoms with van der Waals surface area (Å²) in [5.74, 6) is -1.37. The van der Waals surface area contributed by atoms with Crippen LogP contribution in [0.5, 0.6) is 0 Å². The number of amides is 1. The monoisotopic (exact) mass is 337 g/mol. The molecule has 2 aromatic carbocycles. The maximum absolute atomic E-state index is 12.7. The lowest BCUT2D eigenvalue weighted by Crippen LogP contribution is -2.30. The third kappa shape index (κ3) is 3.90. The van der Waals surface area contributed by atoms with Gasteiger partial charge in [0, 0.05) is 25.4 Å². The summed E-state index contributed by atoms with van der Waals surface area (Å²) in [6, 6.07) is 19.6. The van der Waals surface area contributed by atoms with Gasteiger partial charge >= 0.3 is 5.97 Å². The number of rotatable bonds is 5. The van der Waals surface area contributed by atoms with E-state index >= 15 is 0 Å². The zero-order chi connectivity index (χ0) is 17.8. The number of hydrogen-bond acceptors (Lipinski definition) is 2. The van der Waals surface area contributed by atoms with Crippen LogP contribution in [0.1, 0.15) is 36.3 Å². The van der Waals surface area contributed by atoms with Crippen molar-refractivity contribution < 1.29 is 14.7 Å². The van der Waals surface area contributed by atoms with Crippen LogP contribution in [-0.2, 0) is 9.59 Å². The van der Waals surface area contributed by atoms with Gasteiger partial charge in [0.05, 0.1) is 5.92 Å². The van der Waals surface area contributed by atoms with Crippen LogP contribution in [0.3, 0.4) is 0 Å².